The predicted octanol–water partition coefficient (Wildman–Crippen LogP) is 5.13. The molecule has 2 fully saturated rings. The van der Waals surface area contributed by atoms with Crippen LogP contribution in [0.15, 0.2) is 15.0 Å². The Hall–Kier alpha value is -0.0600. The molecule has 22 heavy (non-hydrogen) atoms. The summed E-state index contributed by atoms with van der Waals surface area (Å²) in [5.41, 5.74) is 2.83. The van der Waals surface area contributed by atoms with Crippen LogP contribution in [0.25, 0.3) is 0 Å². The van der Waals surface area contributed by atoms with E-state index < -0.39 is 0 Å². The monoisotopic (exact) mass is 428 g/mol. The van der Waals surface area contributed by atoms with Crippen molar-refractivity contribution in [3.8, 4) is 5.75 Å². The molecule has 0 aromatic heterocycles. The number of phenolic OH excluding ortho intramolecular Hbond substituents is 1. The van der Waals surface area contributed by atoms with Crippen molar-refractivity contribution in [1.29, 1.82) is 0 Å². The lowest BCUT2D eigenvalue weighted by atomic mass is 9.55. The molecule has 0 bridgehead atoms. The van der Waals surface area contributed by atoms with Crippen molar-refractivity contribution in [1.82, 2.24) is 0 Å². The van der Waals surface area contributed by atoms with Gasteiger partial charge in [-0.2, -0.15) is 0 Å². The van der Waals surface area contributed by atoms with Crippen LogP contribution in [0.5, 0.6) is 5.75 Å². The molecule has 0 aliphatic heterocycles. The zero-order chi connectivity index (χ0) is 15.6. The predicted molar refractivity (Wildman–Crippen MR) is 94.1 cm³/mol. The highest BCUT2D eigenvalue weighted by molar-refractivity contribution is 9.13. The van der Waals surface area contributed by atoms with Gasteiger partial charge in [-0.05, 0) is 111 Å². The Bertz CT molecular complexity index is 630. The van der Waals surface area contributed by atoms with E-state index in [0.29, 0.717) is 23.5 Å². The van der Waals surface area contributed by atoms with Crippen LogP contribution in [0.3, 0.4) is 0 Å². The molecule has 3 aliphatic carbocycles. The minimum absolute atomic E-state index is 0.116. The molecule has 2 N–H and O–H groups in total. The van der Waals surface area contributed by atoms with Crippen molar-refractivity contribution in [2.75, 3.05) is 0 Å². The number of phenols is 1. The Morgan fingerprint density at radius 2 is 1.91 bits per heavy atom. The first-order valence-electron chi connectivity index (χ1n) is 8.31. The summed E-state index contributed by atoms with van der Waals surface area (Å²) < 4.78 is 1.83. The molecule has 0 amide bonds. The number of hydrogen-bond donors (Lipinski definition) is 2. The van der Waals surface area contributed by atoms with E-state index in [0.717, 1.165) is 34.6 Å². The zero-order valence-electron chi connectivity index (χ0n) is 12.8. The molecule has 3 aliphatic rings. The summed E-state index contributed by atoms with van der Waals surface area (Å²) in [5.74, 6) is 2.23. The highest BCUT2D eigenvalue weighted by Crippen LogP contribution is 2.62. The lowest BCUT2D eigenvalue weighted by molar-refractivity contribution is -0.0227. The molecule has 120 valence electrons. The number of aliphatic hydroxyl groups is 1. The Morgan fingerprint density at radius 1 is 1.14 bits per heavy atom. The van der Waals surface area contributed by atoms with Crippen LogP contribution in [-0.4, -0.2) is 16.3 Å². The van der Waals surface area contributed by atoms with Crippen LogP contribution in [0.1, 0.15) is 56.1 Å². The summed E-state index contributed by atoms with van der Waals surface area (Å²) in [6.45, 7) is 2.31. The summed E-state index contributed by atoms with van der Waals surface area (Å²) in [5, 5.41) is 20.5. The molecule has 2 saturated carbocycles. The Kier molecular flexibility index (Phi) is 3.67. The number of aromatic hydroxyl groups is 1. The van der Waals surface area contributed by atoms with E-state index in [1.807, 2.05) is 6.07 Å². The highest BCUT2D eigenvalue weighted by Gasteiger charge is 2.54. The van der Waals surface area contributed by atoms with Gasteiger partial charge in [0.25, 0.3) is 0 Å². The number of rotatable bonds is 0. The van der Waals surface area contributed by atoms with Crippen LogP contribution < -0.4 is 0 Å². The van der Waals surface area contributed by atoms with Crippen LogP contribution in [-0.2, 0) is 6.42 Å². The van der Waals surface area contributed by atoms with Crippen molar-refractivity contribution in [2.24, 2.45) is 17.3 Å². The summed E-state index contributed by atoms with van der Waals surface area (Å²) in [4.78, 5) is 0. The number of fused-ring (bicyclic) bond motifs is 5. The molecular formula is C18H22Br2O2. The Labute approximate surface area is 148 Å². The van der Waals surface area contributed by atoms with Gasteiger partial charge in [0, 0.05) is 4.47 Å². The van der Waals surface area contributed by atoms with Crippen LogP contribution in [0, 0.1) is 17.3 Å². The molecule has 5 atom stereocenters. The molecular weight excluding hydrogens is 408 g/mol. The fraction of sp³-hybridized carbons (Fsp3) is 0.667. The third-order valence-electron chi connectivity index (χ3n) is 6.82. The number of aliphatic hydroxyl groups excluding tert-OH is 1. The summed E-state index contributed by atoms with van der Waals surface area (Å²) in [6, 6.07) is 1.94. The number of halogens is 2. The van der Waals surface area contributed by atoms with Crippen molar-refractivity contribution in [2.45, 2.75) is 57.5 Å². The van der Waals surface area contributed by atoms with Gasteiger partial charge in [0.2, 0.25) is 0 Å². The maximum absolute atomic E-state index is 10.5. The molecule has 4 heteroatoms. The second-order valence-corrected chi connectivity index (χ2v) is 9.24. The summed E-state index contributed by atoms with van der Waals surface area (Å²) in [7, 11) is 0. The van der Waals surface area contributed by atoms with Crippen molar-refractivity contribution >= 4 is 31.9 Å². The maximum atomic E-state index is 10.5. The second kappa shape index (κ2) is 5.22. The van der Waals surface area contributed by atoms with Gasteiger partial charge in [-0.3, -0.25) is 0 Å². The van der Waals surface area contributed by atoms with Gasteiger partial charge < -0.3 is 10.2 Å². The van der Waals surface area contributed by atoms with Crippen LogP contribution in [0.2, 0.25) is 0 Å². The third-order valence-corrected chi connectivity index (χ3v) is 8.97. The van der Waals surface area contributed by atoms with E-state index in [2.05, 4.69) is 38.8 Å². The van der Waals surface area contributed by atoms with E-state index in [1.165, 1.54) is 24.0 Å². The van der Waals surface area contributed by atoms with Gasteiger partial charge in [0.05, 0.1) is 10.6 Å². The molecule has 2 nitrogen and oxygen atoms in total. The van der Waals surface area contributed by atoms with Crippen LogP contribution >= 0.6 is 31.9 Å². The van der Waals surface area contributed by atoms with E-state index in [9.17, 15) is 10.2 Å². The minimum atomic E-state index is -0.116. The van der Waals surface area contributed by atoms with E-state index >= 15 is 0 Å². The summed E-state index contributed by atoms with van der Waals surface area (Å²) >= 11 is 7.23. The van der Waals surface area contributed by atoms with Crippen molar-refractivity contribution < 1.29 is 10.2 Å². The molecule has 0 saturated heterocycles. The minimum Gasteiger partial charge on any atom is -0.507 e. The van der Waals surface area contributed by atoms with Gasteiger partial charge >= 0.3 is 0 Å². The van der Waals surface area contributed by atoms with Gasteiger partial charge in [-0.25, -0.2) is 0 Å². The molecule has 1 aromatic rings. The fourth-order valence-corrected chi connectivity index (χ4v) is 6.71. The SMILES string of the molecule is C[C@]12CC[C@@H]3c4c(cc(O)c(Br)c4Br)CC[C@@H]3[C@@H]1CC[C@@H]2O. The normalized spacial score (nSPS) is 40.0. The maximum Gasteiger partial charge on any atom is 0.131 e. The molecule has 0 spiro atoms. The lowest BCUT2D eigenvalue weighted by Gasteiger charge is -2.50. The molecule has 0 unspecified atom stereocenters. The number of benzene rings is 1. The first kappa shape index (κ1) is 15.5. The smallest absolute Gasteiger partial charge is 0.131 e. The van der Waals surface area contributed by atoms with Gasteiger partial charge in [-0.15, -0.1) is 0 Å². The highest BCUT2D eigenvalue weighted by atomic mass is 79.9. The first-order valence-corrected chi connectivity index (χ1v) is 9.90. The lowest BCUT2D eigenvalue weighted by Crippen LogP contribution is -2.44. The number of hydrogen-bond acceptors (Lipinski definition) is 2. The summed E-state index contributed by atoms with van der Waals surface area (Å²) in [6.07, 6.45) is 6.52. The van der Waals surface area contributed by atoms with Crippen molar-refractivity contribution in [3.05, 3.63) is 26.1 Å². The molecule has 1 aromatic carbocycles. The number of aryl methyl sites for hydroxylation is 1. The first-order chi connectivity index (χ1) is 10.4. The zero-order valence-corrected chi connectivity index (χ0v) is 16.0. The molecule has 0 radical (unpaired) electrons. The Balaban J connectivity index is 1.78. The van der Waals surface area contributed by atoms with E-state index in [-0.39, 0.29) is 11.5 Å². The van der Waals surface area contributed by atoms with Gasteiger partial charge in [-0.1, -0.05) is 6.92 Å². The van der Waals surface area contributed by atoms with Gasteiger partial charge in [0.15, 0.2) is 0 Å². The van der Waals surface area contributed by atoms with Gasteiger partial charge in [0.1, 0.15) is 5.75 Å². The van der Waals surface area contributed by atoms with Crippen molar-refractivity contribution in [3.63, 3.8) is 0 Å². The largest absolute Gasteiger partial charge is 0.507 e. The van der Waals surface area contributed by atoms with Crippen LogP contribution in [0.4, 0.5) is 0 Å². The standard InChI is InChI=1S/C18H22Br2O2/c1-18-7-6-11-10(12(18)4-5-14(18)22)3-2-9-8-13(21)16(19)17(20)15(9)11/h8,10-12,14,21-22H,2-7H2,1H3/t10-,11-,12-,14-,18-/m0/s1. The second-order valence-electron chi connectivity index (χ2n) is 7.65. The topological polar surface area (TPSA) is 40.5 Å². The molecule has 4 rings (SSSR count). The Morgan fingerprint density at radius 3 is 2.68 bits per heavy atom. The average molecular weight is 430 g/mol. The van der Waals surface area contributed by atoms with E-state index in [4.69, 9.17) is 0 Å². The fourth-order valence-electron chi connectivity index (χ4n) is 5.63. The molecule has 0 heterocycles. The third kappa shape index (κ3) is 1.99. The average Bonchev–Trinajstić information content (AvgIpc) is 2.80. The quantitative estimate of drug-likeness (QED) is 0.599. The van der Waals surface area contributed by atoms with E-state index in [1.54, 1.807) is 0 Å².